The molecule has 2 fully saturated rings. The summed E-state index contributed by atoms with van der Waals surface area (Å²) in [7, 11) is -2.91. The quantitative estimate of drug-likeness (QED) is 0.646. The molecule has 0 N–H and O–H groups in total. The van der Waals surface area contributed by atoms with Crippen LogP contribution in [-0.4, -0.2) is 77.6 Å². The average Bonchev–Trinajstić information content (AvgIpc) is 3.25. The Balaban J connectivity index is 1.39. The van der Waals surface area contributed by atoms with Crippen LogP contribution in [-0.2, 0) is 14.6 Å². The van der Waals surface area contributed by atoms with Crippen LogP contribution in [0, 0.1) is 12.7 Å². The van der Waals surface area contributed by atoms with Gasteiger partial charge in [-0.1, -0.05) is 11.6 Å². The second-order valence-electron chi connectivity index (χ2n) is 7.93. The van der Waals surface area contributed by atoms with Crippen molar-refractivity contribution < 1.29 is 17.6 Å². The van der Waals surface area contributed by atoms with E-state index in [4.69, 9.17) is 11.6 Å². The van der Waals surface area contributed by atoms with E-state index < -0.39 is 9.84 Å². The number of hydrogen-bond donors (Lipinski definition) is 0. The van der Waals surface area contributed by atoms with Crippen molar-refractivity contribution in [3.05, 3.63) is 52.6 Å². The van der Waals surface area contributed by atoms with Gasteiger partial charge in [0.15, 0.2) is 9.84 Å². The van der Waals surface area contributed by atoms with Gasteiger partial charge in [-0.05, 0) is 43.7 Å². The first-order chi connectivity index (χ1) is 14.7. The van der Waals surface area contributed by atoms with Crippen LogP contribution in [0.1, 0.15) is 17.7 Å². The predicted molar refractivity (Wildman–Crippen MR) is 118 cm³/mol. The summed E-state index contributed by atoms with van der Waals surface area (Å²) < 4.78 is 38.1. The minimum atomic E-state index is -2.91. The fourth-order valence-electron chi connectivity index (χ4n) is 4.08. The van der Waals surface area contributed by atoms with Crippen molar-refractivity contribution >= 4 is 33.4 Å². The van der Waals surface area contributed by atoms with Gasteiger partial charge in [-0.25, -0.2) is 17.5 Å². The number of halogens is 2. The minimum absolute atomic E-state index is 0.0663. The van der Waals surface area contributed by atoms with E-state index in [2.05, 4.69) is 10.00 Å². The number of hydrogen-bond acceptors (Lipinski definition) is 5. The fourth-order valence-corrected chi connectivity index (χ4v) is 6.18. The zero-order valence-electron chi connectivity index (χ0n) is 17.2. The smallest absolute Gasteiger partial charge is 0.246 e. The fraction of sp³-hybridized carbons (Fsp3) is 0.429. The summed E-state index contributed by atoms with van der Waals surface area (Å²) in [6.45, 7) is 4.25. The van der Waals surface area contributed by atoms with Crippen molar-refractivity contribution in [1.82, 2.24) is 19.6 Å². The molecule has 31 heavy (non-hydrogen) atoms. The number of rotatable bonds is 4. The van der Waals surface area contributed by atoms with Gasteiger partial charge in [-0.2, -0.15) is 5.10 Å². The lowest BCUT2D eigenvalue weighted by Crippen LogP contribution is -2.52. The van der Waals surface area contributed by atoms with Crippen molar-refractivity contribution in [2.75, 3.05) is 37.7 Å². The third-order valence-corrected chi connectivity index (χ3v) is 7.98. The van der Waals surface area contributed by atoms with Crippen molar-refractivity contribution in [2.24, 2.45) is 0 Å². The molecular formula is C21H24ClFN4O3S. The van der Waals surface area contributed by atoms with Crippen LogP contribution in [0.5, 0.6) is 0 Å². The van der Waals surface area contributed by atoms with E-state index in [0.717, 1.165) is 0 Å². The molecule has 2 aromatic rings. The van der Waals surface area contributed by atoms with Gasteiger partial charge in [0.1, 0.15) is 11.0 Å². The Morgan fingerprint density at radius 2 is 1.87 bits per heavy atom. The molecule has 4 rings (SSSR count). The largest absolute Gasteiger partial charge is 0.337 e. The Labute approximate surface area is 186 Å². The molecule has 0 spiro atoms. The monoisotopic (exact) mass is 466 g/mol. The van der Waals surface area contributed by atoms with Crippen LogP contribution in [0.25, 0.3) is 11.8 Å². The molecule has 1 aromatic carbocycles. The zero-order valence-corrected chi connectivity index (χ0v) is 18.7. The molecule has 2 aliphatic rings. The lowest BCUT2D eigenvalue weighted by atomic mass is 10.2. The summed E-state index contributed by atoms with van der Waals surface area (Å²) in [6.07, 6.45) is 3.82. The highest BCUT2D eigenvalue weighted by molar-refractivity contribution is 7.91. The summed E-state index contributed by atoms with van der Waals surface area (Å²) >= 11 is 6.46. The zero-order chi connectivity index (χ0) is 22.2. The molecule has 1 unspecified atom stereocenters. The van der Waals surface area contributed by atoms with Crippen molar-refractivity contribution in [3.63, 3.8) is 0 Å². The highest BCUT2D eigenvalue weighted by atomic mass is 35.5. The van der Waals surface area contributed by atoms with Gasteiger partial charge < -0.3 is 4.90 Å². The number of carbonyl (C=O) groups excluding carboxylic acids is 1. The molecule has 3 heterocycles. The molecule has 0 radical (unpaired) electrons. The Hall–Kier alpha value is -2.23. The summed E-state index contributed by atoms with van der Waals surface area (Å²) in [6, 6.07) is 5.91. The third kappa shape index (κ3) is 4.83. The summed E-state index contributed by atoms with van der Waals surface area (Å²) in [5.41, 5.74) is 1.92. The van der Waals surface area contributed by atoms with Gasteiger partial charge in [0.25, 0.3) is 0 Å². The summed E-state index contributed by atoms with van der Waals surface area (Å²) in [5.74, 6) is 0.00915. The number of carbonyl (C=O) groups is 1. The average molecular weight is 467 g/mol. The van der Waals surface area contributed by atoms with Gasteiger partial charge >= 0.3 is 0 Å². The Kier molecular flexibility index (Phi) is 6.18. The van der Waals surface area contributed by atoms with E-state index in [-0.39, 0.29) is 29.3 Å². The number of aromatic nitrogens is 2. The standard InChI is InChI=1S/C21H24ClFN4O3S/c1-15-19(21(22)27(24-15)17-4-2-16(23)3-5-17)6-7-20(28)26-11-9-25(10-12-26)18-8-13-31(29,30)14-18/h2-7,18H,8-14H2,1H3/b7-6+. The maximum atomic E-state index is 13.2. The molecule has 1 aromatic heterocycles. The first kappa shape index (κ1) is 22.0. The first-order valence-corrected chi connectivity index (χ1v) is 12.4. The van der Waals surface area contributed by atoms with Crippen LogP contribution in [0.3, 0.4) is 0 Å². The predicted octanol–water partition coefficient (Wildman–Crippen LogP) is 2.32. The maximum Gasteiger partial charge on any atom is 0.246 e. The molecule has 0 bridgehead atoms. The van der Waals surface area contributed by atoms with E-state index >= 15 is 0 Å². The van der Waals surface area contributed by atoms with Gasteiger partial charge in [-0.15, -0.1) is 0 Å². The number of amides is 1. The van der Waals surface area contributed by atoms with Gasteiger partial charge in [0.05, 0.1) is 22.9 Å². The van der Waals surface area contributed by atoms with Crippen molar-refractivity contribution in [1.29, 1.82) is 0 Å². The van der Waals surface area contributed by atoms with Crippen molar-refractivity contribution in [3.8, 4) is 5.69 Å². The van der Waals surface area contributed by atoms with E-state index in [1.165, 1.54) is 22.9 Å². The topological polar surface area (TPSA) is 75.5 Å². The number of nitrogens with zero attached hydrogens (tertiary/aromatic N) is 4. The molecule has 2 aliphatic heterocycles. The highest BCUT2D eigenvalue weighted by Crippen LogP contribution is 2.25. The molecule has 7 nitrogen and oxygen atoms in total. The van der Waals surface area contributed by atoms with Crippen LogP contribution in [0.4, 0.5) is 4.39 Å². The van der Waals surface area contributed by atoms with E-state index in [9.17, 15) is 17.6 Å². The van der Waals surface area contributed by atoms with E-state index in [1.807, 2.05) is 0 Å². The normalized spacial score (nSPS) is 21.8. The molecule has 1 amide bonds. The SMILES string of the molecule is Cc1nn(-c2ccc(F)cc2)c(Cl)c1/C=C/C(=O)N1CCN(C2CCS(=O)(=O)C2)CC1. The summed E-state index contributed by atoms with van der Waals surface area (Å²) in [4.78, 5) is 16.6. The molecule has 166 valence electrons. The Bertz CT molecular complexity index is 1110. The van der Waals surface area contributed by atoms with Crippen LogP contribution in [0.15, 0.2) is 30.3 Å². The Morgan fingerprint density at radius 3 is 2.48 bits per heavy atom. The molecular weight excluding hydrogens is 443 g/mol. The second-order valence-corrected chi connectivity index (χ2v) is 10.5. The maximum absolute atomic E-state index is 13.2. The third-order valence-electron chi connectivity index (χ3n) is 5.86. The van der Waals surface area contributed by atoms with Gasteiger partial charge in [-0.3, -0.25) is 9.69 Å². The van der Waals surface area contributed by atoms with Crippen LogP contribution < -0.4 is 0 Å². The number of aryl methyl sites for hydroxylation is 1. The van der Waals surface area contributed by atoms with E-state index in [0.29, 0.717) is 54.7 Å². The van der Waals surface area contributed by atoms with Crippen molar-refractivity contribution in [2.45, 2.75) is 19.4 Å². The van der Waals surface area contributed by atoms with Gasteiger partial charge in [0.2, 0.25) is 5.91 Å². The molecule has 2 saturated heterocycles. The first-order valence-electron chi connectivity index (χ1n) is 10.2. The highest BCUT2D eigenvalue weighted by Gasteiger charge is 2.34. The lowest BCUT2D eigenvalue weighted by molar-refractivity contribution is -0.127. The lowest BCUT2D eigenvalue weighted by Gasteiger charge is -2.37. The van der Waals surface area contributed by atoms with E-state index in [1.54, 1.807) is 30.0 Å². The van der Waals surface area contributed by atoms with Crippen LogP contribution in [0.2, 0.25) is 5.15 Å². The minimum Gasteiger partial charge on any atom is -0.337 e. The number of piperazine rings is 1. The summed E-state index contributed by atoms with van der Waals surface area (Å²) in [5, 5.41) is 4.74. The van der Waals surface area contributed by atoms with Gasteiger partial charge in [0, 0.05) is 43.9 Å². The second kappa shape index (κ2) is 8.72. The Morgan fingerprint density at radius 1 is 1.19 bits per heavy atom. The molecule has 10 heteroatoms. The molecule has 0 aliphatic carbocycles. The number of sulfone groups is 1. The molecule has 0 saturated carbocycles. The molecule has 1 atom stereocenters. The van der Waals surface area contributed by atoms with Crippen LogP contribution >= 0.6 is 11.6 Å². The number of benzene rings is 1.